The Labute approximate surface area is 246 Å². The zero-order valence-electron chi connectivity index (χ0n) is 23.2. The van der Waals surface area contributed by atoms with Crippen LogP contribution in [0.3, 0.4) is 0 Å². The highest BCUT2D eigenvalue weighted by Crippen LogP contribution is 2.38. The van der Waals surface area contributed by atoms with Gasteiger partial charge in [0.15, 0.2) is 17.3 Å². The van der Waals surface area contributed by atoms with E-state index in [1.54, 1.807) is 18.2 Å². The molecule has 0 unspecified atom stereocenters. The van der Waals surface area contributed by atoms with E-state index in [1.165, 1.54) is 32.2 Å². The van der Waals surface area contributed by atoms with Crippen LogP contribution < -0.4 is 18.9 Å². The van der Waals surface area contributed by atoms with Gasteiger partial charge in [0.1, 0.15) is 11.5 Å². The summed E-state index contributed by atoms with van der Waals surface area (Å²) in [5, 5.41) is 0.553. The summed E-state index contributed by atoms with van der Waals surface area (Å²) in [6.07, 6.45) is -0.0861. The van der Waals surface area contributed by atoms with Gasteiger partial charge in [-0.1, -0.05) is 12.1 Å². The number of aromatic nitrogens is 1. The molecule has 5 rings (SSSR count). The number of rotatable bonds is 11. The fourth-order valence-corrected chi connectivity index (χ4v) is 6.17. The highest BCUT2D eigenvalue weighted by atomic mass is 32.2. The van der Waals surface area contributed by atoms with E-state index in [0.717, 1.165) is 56.4 Å². The molecule has 1 aliphatic heterocycles. The van der Waals surface area contributed by atoms with E-state index in [0.29, 0.717) is 40.8 Å². The van der Waals surface area contributed by atoms with Crippen molar-refractivity contribution in [2.45, 2.75) is 30.3 Å². The van der Waals surface area contributed by atoms with Gasteiger partial charge >= 0.3 is 6.18 Å². The van der Waals surface area contributed by atoms with Crippen LogP contribution in [0.2, 0.25) is 0 Å². The van der Waals surface area contributed by atoms with Crippen LogP contribution in [0.1, 0.15) is 24.8 Å². The van der Waals surface area contributed by atoms with Crippen LogP contribution in [0.15, 0.2) is 71.8 Å². The van der Waals surface area contributed by atoms with Gasteiger partial charge in [0.25, 0.3) is 10.0 Å². The summed E-state index contributed by atoms with van der Waals surface area (Å²) in [5.74, 6) is 0.268. The molecule has 228 valence electrons. The third-order valence-corrected chi connectivity index (χ3v) is 8.38. The molecule has 1 aromatic heterocycles. The van der Waals surface area contributed by atoms with Gasteiger partial charge in [-0.25, -0.2) is 12.8 Å². The van der Waals surface area contributed by atoms with E-state index >= 15 is 0 Å². The van der Waals surface area contributed by atoms with Crippen LogP contribution >= 0.6 is 0 Å². The molecule has 43 heavy (non-hydrogen) atoms. The van der Waals surface area contributed by atoms with Gasteiger partial charge in [-0.15, -0.1) is 0 Å². The average Bonchev–Trinajstić information content (AvgIpc) is 3.50. The van der Waals surface area contributed by atoms with Crippen LogP contribution in [-0.4, -0.2) is 51.7 Å². The number of methoxy groups -OCH3 is 1. The molecule has 1 N–H and O–H groups in total. The molecule has 4 aromatic rings. The largest absolute Gasteiger partial charge is 0.493 e. The quantitative estimate of drug-likeness (QED) is 0.145. The number of sulfonamides is 1. The second-order valence-corrected chi connectivity index (χ2v) is 11.6. The number of likely N-dealkylation sites (tertiary alicyclic amines) is 1. The van der Waals surface area contributed by atoms with Crippen molar-refractivity contribution in [2.75, 3.05) is 38.1 Å². The summed E-state index contributed by atoms with van der Waals surface area (Å²) < 4.78 is 99.8. The number of alkyl halides is 3. The second kappa shape index (κ2) is 12.6. The molecule has 0 radical (unpaired) electrons. The summed E-state index contributed by atoms with van der Waals surface area (Å²) in [4.78, 5) is 5.77. The van der Waals surface area contributed by atoms with Gasteiger partial charge in [0, 0.05) is 30.3 Å². The van der Waals surface area contributed by atoms with Crippen LogP contribution in [0.5, 0.6) is 23.0 Å². The number of benzene rings is 3. The first-order valence-corrected chi connectivity index (χ1v) is 15.0. The Kier molecular flexibility index (Phi) is 8.92. The summed E-state index contributed by atoms with van der Waals surface area (Å²) >= 11 is 0. The van der Waals surface area contributed by atoms with Crippen LogP contribution in [-0.2, 0) is 16.2 Å². The molecule has 0 amide bonds. The van der Waals surface area contributed by atoms with Crippen molar-refractivity contribution in [3.05, 3.63) is 78.2 Å². The van der Waals surface area contributed by atoms with Crippen molar-refractivity contribution < 1.29 is 40.2 Å². The number of nitrogens with zero attached hydrogens (tertiary/aromatic N) is 2. The van der Waals surface area contributed by atoms with Crippen LogP contribution in [0.4, 0.5) is 23.2 Å². The maximum atomic E-state index is 15.0. The lowest BCUT2D eigenvalue weighted by atomic mass is 10.1. The van der Waals surface area contributed by atoms with Crippen LogP contribution in [0.25, 0.3) is 10.9 Å². The lowest BCUT2D eigenvalue weighted by molar-refractivity contribution is -0.139. The van der Waals surface area contributed by atoms with Gasteiger partial charge in [0.2, 0.25) is 0 Å². The topological polar surface area (TPSA) is 90.0 Å². The van der Waals surface area contributed by atoms with E-state index in [9.17, 15) is 26.0 Å². The van der Waals surface area contributed by atoms with E-state index in [-0.39, 0.29) is 5.75 Å². The average molecular weight is 620 g/mol. The fourth-order valence-electron chi connectivity index (χ4n) is 4.87. The Morgan fingerprint density at radius 2 is 1.74 bits per heavy atom. The summed E-state index contributed by atoms with van der Waals surface area (Å²) in [6, 6.07) is 11.9. The standard InChI is InChI=1S/C30H29F4N3O5S/c1-40-27-18-21-25(19-28(27)41-16-6-15-37-13-4-5-14-37)35-12-11-26(21)42-20-9-10-24(23(31)17-20)36-43(38,39)29-8-3-2-7-22(29)30(32,33)34/h2-3,7-12,17-19,36H,4-6,13-16H2,1H3. The number of ether oxygens (including phenoxy) is 3. The Bertz CT molecular complexity index is 1710. The first-order chi connectivity index (χ1) is 20.5. The van der Waals surface area contributed by atoms with Crippen molar-refractivity contribution in [1.82, 2.24) is 9.88 Å². The Morgan fingerprint density at radius 1 is 0.977 bits per heavy atom. The Balaban J connectivity index is 1.32. The van der Waals surface area contributed by atoms with Gasteiger partial charge in [0.05, 0.1) is 35.4 Å². The van der Waals surface area contributed by atoms with E-state index in [4.69, 9.17) is 14.2 Å². The predicted octanol–water partition coefficient (Wildman–Crippen LogP) is 6.86. The molecule has 1 aliphatic rings. The number of pyridine rings is 1. The molecule has 1 saturated heterocycles. The van der Waals surface area contributed by atoms with Gasteiger partial charge in [-0.05, 0) is 68.8 Å². The summed E-state index contributed by atoms with van der Waals surface area (Å²) in [7, 11) is -3.25. The van der Waals surface area contributed by atoms with Crippen molar-refractivity contribution in [1.29, 1.82) is 0 Å². The second-order valence-electron chi connectivity index (χ2n) is 9.92. The molecule has 8 nitrogen and oxygen atoms in total. The van der Waals surface area contributed by atoms with E-state index in [2.05, 4.69) is 9.88 Å². The SMILES string of the molecule is COc1cc2c(Oc3ccc(NS(=O)(=O)c4ccccc4C(F)(F)F)c(F)c3)ccnc2cc1OCCCN1CCCC1. The summed E-state index contributed by atoms with van der Waals surface area (Å²) in [5.41, 5.74) is -1.36. The van der Waals surface area contributed by atoms with Gasteiger partial charge < -0.3 is 19.1 Å². The minimum absolute atomic E-state index is 0.0184. The zero-order chi connectivity index (χ0) is 30.6. The number of halogens is 4. The highest BCUT2D eigenvalue weighted by molar-refractivity contribution is 7.92. The normalized spacial score (nSPS) is 14.2. The van der Waals surface area contributed by atoms with E-state index in [1.807, 2.05) is 4.72 Å². The molecule has 0 saturated carbocycles. The van der Waals surface area contributed by atoms with Crippen LogP contribution in [0, 0.1) is 5.82 Å². The van der Waals surface area contributed by atoms with Crippen molar-refractivity contribution in [3.63, 3.8) is 0 Å². The maximum absolute atomic E-state index is 15.0. The molecule has 1 fully saturated rings. The van der Waals surface area contributed by atoms with Gasteiger partial charge in [-0.3, -0.25) is 9.71 Å². The Morgan fingerprint density at radius 3 is 2.47 bits per heavy atom. The molecular weight excluding hydrogens is 590 g/mol. The number of anilines is 1. The first kappa shape index (κ1) is 30.4. The minimum atomic E-state index is -4.92. The first-order valence-electron chi connectivity index (χ1n) is 13.5. The van der Waals surface area contributed by atoms with Crippen molar-refractivity contribution in [2.24, 2.45) is 0 Å². The molecule has 13 heteroatoms. The number of nitrogens with one attached hydrogen (secondary N) is 1. The number of hydrogen-bond acceptors (Lipinski definition) is 7. The molecule has 2 heterocycles. The molecular formula is C30H29F4N3O5S. The summed E-state index contributed by atoms with van der Waals surface area (Å²) in [6.45, 7) is 3.70. The third-order valence-electron chi connectivity index (χ3n) is 6.96. The number of hydrogen-bond donors (Lipinski definition) is 1. The lowest BCUT2D eigenvalue weighted by Crippen LogP contribution is -2.21. The van der Waals surface area contributed by atoms with Crippen molar-refractivity contribution >= 4 is 26.6 Å². The van der Waals surface area contributed by atoms with Crippen molar-refractivity contribution in [3.8, 4) is 23.0 Å². The molecule has 0 aliphatic carbocycles. The predicted molar refractivity (Wildman–Crippen MR) is 153 cm³/mol. The minimum Gasteiger partial charge on any atom is -0.493 e. The molecule has 0 bridgehead atoms. The Hall–Kier alpha value is -4.10. The van der Waals surface area contributed by atoms with E-state index < -0.39 is 38.2 Å². The maximum Gasteiger partial charge on any atom is 0.417 e. The fraction of sp³-hybridized carbons (Fsp3) is 0.300. The van der Waals surface area contributed by atoms with Gasteiger partial charge in [-0.2, -0.15) is 13.2 Å². The third kappa shape index (κ3) is 7.11. The zero-order valence-corrected chi connectivity index (χ0v) is 24.0. The molecule has 0 spiro atoms. The lowest BCUT2D eigenvalue weighted by Gasteiger charge is -2.16. The number of fused-ring (bicyclic) bond motifs is 1. The molecule has 3 aromatic carbocycles. The highest BCUT2D eigenvalue weighted by Gasteiger charge is 2.37. The molecule has 0 atom stereocenters. The smallest absolute Gasteiger partial charge is 0.417 e. The monoisotopic (exact) mass is 619 g/mol.